The Kier molecular flexibility index (Phi) is 5.43. The van der Waals surface area contributed by atoms with Gasteiger partial charge in [-0.05, 0) is 38.5 Å². The van der Waals surface area contributed by atoms with Crippen molar-refractivity contribution >= 4 is 29.4 Å². The molecule has 4 N–H and O–H groups in total. The van der Waals surface area contributed by atoms with Crippen LogP contribution < -0.4 is 11.1 Å². The Morgan fingerprint density at radius 1 is 1.43 bits per heavy atom. The number of carboxylic acids is 1. The molecule has 0 spiro atoms. The van der Waals surface area contributed by atoms with Gasteiger partial charge in [-0.15, -0.1) is 0 Å². The first-order valence-corrected chi connectivity index (χ1v) is 6.72. The molecule has 0 aliphatic rings. The van der Waals surface area contributed by atoms with Crippen molar-refractivity contribution in [2.24, 2.45) is 0 Å². The summed E-state index contributed by atoms with van der Waals surface area (Å²) >= 11 is 5.89. The van der Waals surface area contributed by atoms with E-state index in [0.717, 1.165) is 0 Å². The van der Waals surface area contributed by atoms with Gasteiger partial charge in [-0.2, -0.15) is 0 Å². The Bertz CT molecular complexity index is 540. The average Bonchev–Trinajstić information content (AvgIpc) is 2.30. The highest BCUT2D eigenvalue weighted by Crippen LogP contribution is 2.20. The number of carbonyl (C=O) groups excluding carboxylic acids is 1. The molecular weight excluding hydrogens is 296 g/mol. The molecule has 116 valence electrons. The van der Waals surface area contributed by atoms with Crippen LogP contribution in [-0.2, 0) is 16.0 Å². The molecule has 0 aliphatic heterocycles. The molecule has 0 unspecified atom stereocenters. The van der Waals surface area contributed by atoms with Crippen molar-refractivity contribution in [2.45, 2.75) is 38.8 Å². The third-order valence-electron chi connectivity index (χ3n) is 2.49. The van der Waals surface area contributed by atoms with Gasteiger partial charge in [-0.1, -0.05) is 17.7 Å². The lowest BCUT2D eigenvalue weighted by atomic mass is 10.1. The number of aliphatic carboxylic acids is 1. The quantitative estimate of drug-likeness (QED) is 0.741. The van der Waals surface area contributed by atoms with E-state index in [1.54, 1.807) is 39.0 Å². The van der Waals surface area contributed by atoms with Gasteiger partial charge in [0, 0.05) is 6.42 Å². The van der Waals surface area contributed by atoms with E-state index < -0.39 is 23.7 Å². The Balaban J connectivity index is 2.76. The number of carboxylic acid groups (broad SMARTS) is 1. The number of benzene rings is 1. The van der Waals surface area contributed by atoms with Crippen LogP contribution in [0.4, 0.5) is 10.5 Å². The van der Waals surface area contributed by atoms with Crippen molar-refractivity contribution in [3.63, 3.8) is 0 Å². The van der Waals surface area contributed by atoms with E-state index in [-0.39, 0.29) is 6.42 Å². The summed E-state index contributed by atoms with van der Waals surface area (Å²) in [5.41, 5.74) is 5.95. The molecule has 1 rings (SSSR count). The Morgan fingerprint density at radius 2 is 2.05 bits per heavy atom. The average molecular weight is 315 g/mol. The largest absolute Gasteiger partial charge is 0.480 e. The molecule has 6 nitrogen and oxygen atoms in total. The molecule has 7 heteroatoms. The summed E-state index contributed by atoms with van der Waals surface area (Å²) in [5, 5.41) is 11.8. The first-order chi connectivity index (χ1) is 9.58. The summed E-state index contributed by atoms with van der Waals surface area (Å²) in [7, 11) is 0. The van der Waals surface area contributed by atoms with Gasteiger partial charge in [0.05, 0.1) is 10.7 Å². The summed E-state index contributed by atoms with van der Waals surface area (Å²) in [6.45, 7) is 5.09. The number of anilines is 1. The molecule has 0 heterocycles. The van der Waals surface area contributed by atoms with Crippen LogP contribution in [0.15, 0.2) is 18.2 Å². The van der Waals surface area contributed by atoms with E-state index in [9.17, 15) is 14.7 Å². The molecule has 1 amide bonds. The SMILES string of the molecule is CC(C)(C)OC(=O)N[C@H](Cc1ccc(N)c(Cl)c1)C(=O)O. The summed E-state index contributed by atoms with van der Waals surface area (Å²) in [6, 6.07) is 3.71. The maximum atomic E-state index is 11.6. The smallest absolute Gasteiger partial charge is 0.408 e. The lowest BCUT2D eigenvalue weighted by Crippen LogP contribution is -2.44. The Hall–Kier alpha value is -1.95. The molecule has 1 aromatic carbocycles. The number of halogens is 1. The minimum atomic E-state index is -1.16. The van der Waals surface area contributed by atoms with Gasteiger partial charge in [-0.25, -0.2) is 9.59 Å². The number of amides is 1. The van der Waals surface area contributed by atoms with Crippen molar-refractivity contribution in [3.8, 4) is 0 Å². The topological polar surface area (TPSA) is 102 Å². The maximum Gasteiger partial charge on any atom is 0.408 e. The Morgan fingerprint density at radius 3 is 2.52 bits per heavy atom. The molecule has 0 saturated heterocycles. The predicted molar refractivity (Wildman–Crippen MR) is 80.4 cm³/mol. The molecule has 0 aliphatic carbocycles. The number of ether oxygens (including phenoxy) is 1. The van der Waals surface area contributed by atoms with Crippen molar-refractivity contribution in [2.75, 3.05) is 5.73 Å². The summed E-state index contributed by atoms with van der Waals surface area (Å²) < 4.78 is 5.04. The fourth-order valence-electron chi connectivity index (χ4n) is 1.58. The second-order valence-electron chi connectivity index (χ2n) is 5.60. The second-order valence-corrected chi connectivity index (χ2v) is 6.00. The fraction of sp³-hybridized carbons (Fsp3) is 0.429. The van der Waals surface area contributed by atoms with Gasteiger partial charge >= 0.3 is 12.1 Å². The molecule has 1 aromatic rings. The molecular formula is C14H19ClN2O4. The zero-order valence-electron chi connectivity index (χ0n) is 12.1. The van der Waals surface area contributed by atoms with Crippen LogP contribution in [0.5, 0.6) is 0 Å². The highest BCUT2D eigenvalue weighted by atomic mass is 35.5. The van der Waals surface area contributed by atoms with E-state index in [0.29, 0.717) is 16.3 Å². The van der Waals surface area contributed by atoms with Crippen molar-refractivity contribution in [3.05, 3.63) is 28.8 Å². The first-order valence-electron chi connectivity index (χ1n) is 6.34. The van der Waals surface area contributed by atoms with Crippen LogP contribution in [-0.4, -0.2) is 28.8 Å². The summed E-state index contributed by atoms with van der Waals surface area (Å²) in [5.74, 6) is -1.16. The molecule has 0 radical (unpaired) electrons. The molecule has 1 atom stereocenters. The minimum Gasteiger partial charge on any atom is -0.480 e. The van der Waals surface area contributed by atoms with Crippen LogP contribution in [0.2, 0.25) is 5.02 Å². The number of hydrogen-bond donors (Lipinski definition) is 3. The zero-order chi connectivity index (χ0) is 16.2. The van der Waals surface area contributed by atoms with E-state index in [1.165, 1.54) is 0 Å². The van der Waals surface area contributed by atoms with Gasteiger partial charge in [0.15, 0.2) is 0 Å². The lowest BCUT2D eigenvalue weighted by Gasteiger charge is -2.22. The lowest BCUT2D eigenvalue weighted by molar-refractivity contribution is -0.139. The number of nitrogens with two attached hydrogens (primary N) is 1. The Labute approximate surface area is 128 Å². The summed E-state index contributed by atoms with van der Waals surface area (Å²) in [6.07, 6.45) is -0.703. The second kappa shape index (κ2) is 6.67. The maximum absolute atomic E-state index is 11.6. The molecule has 0 bridgehead atoms. The standard InChI is InChI=1S/C14H19ClN2O4/c1-14(2,3)21-13(20)17-11(12(18)19)7-8-4-5-10(16)9(15)6-8/h4-6,11H,7,16H2,1-3H3,(H,17,20)(H,18,19)/t11-/m1/s1. The highest BCUT2D eigenvalue weighted by molar-refractivity contribution is 6.33. The van der Waals surface area contributed by atoms with Crippen LogP contribution in [0.1, 0.15) is 26.3 Å². The summed E-state index contributed by atoms with van der Waals surface area (Å²) in [4.78, 5) is 22.9. The van der Waals surface area contributed by atoms with Gasteiger partial charge in [0.2, 0.25) is 0 Å². The molecule has 21 heavy (non-hydrogen) atoms. The normalized spacial score (nSPS) is 12.6. The van der Waals surface area contributed by atoms with Gasteiger partial charge < -0.3 is 20.9 Å². The number of alkyl carbamates (subject to hydrolysis) is 1. The van der Waals surface area contributed by atoms with E-state index in [1.807, 2.05) is 0 Å². The van der Waals surface area contributed by atoms with Crippen molar-refractivity contribution in [1.29, 1.82) is 0 Å². The monoisotopic (exact) mass is 314 g/mol. The highest BCUT2D eigenvalue weighted by Gasteiger charge is 2.24. The number of nitrogen functional groups attached to an aromatic ring is 1. The van der Waals surface area contributed by atoms with Crippen molar-refractivity contribution < 1.29 is 19.4 Å². The minimum absolute atomic E-state index is 0.0780. The van der Waals surface area contributed by atoms with Crippen LogP contribution in [0, 0.1) is 0 Å². The van der Waals surface area contributed by atoms with E-state index in [4.69, 9.17) is 22.1 Å². The van der Waals surface area contributed by atoms with Crippen LogP contribution in [0.25, 0.3) is 0 Å². The number of carbonyl (C=O) groups is 2. The molecule has 0 fully saturated rings. The van der Waals surface area contributed by atoms with Gasteiger partial charge in [-0.3, -0.25) is 0 Å². The van der Waals surface area contributed by atoms with E-state index >= 15 is 0 Å². The van der Waals surface area contributed by atoms with E-state index in [2.05, 4.69) is 5.32 Å². The number of rotatable bonds is 4. The van der Waals surface area contributed by atoms with Gasteiger partial charge in [0.25, 0.3) is 0 Å². The first kappa shape index (κ1) is 17.1. The van der Waals surface area contributed by atoms with Crippen molar-refractivity contribution in [1.82, 2.24) is 5.32 Å². The third-order valence-corrected chi connectivity index (χ3v) is 2.82. The van der Waals surface area contributed by atoms with Gasteiger partial charge in [0.1, 0.15) is 11.6 Å². The molecule has 0 aromatic heterocycles. The third kappa shape index (κ3) is 5.91. The fourth-order valence-corrected chi connectivity index (χ4v) is 1.79. The molecule has 0 saturated carbocycles. The van der Waals surface area contributed by atoms with Crippen LogP contribution in [0.3, 0.4) is 0 Å². The number of nitrogens with one attached hydrogen (secondary N) is 1. The van der Waals surface area contributed by atoms with Crippen LogP contribution >= 0.6 is 11.6 Å². The predicted octanol–water partition coefficient (Wildman–Crippen LogP) is 2.44. The zero-order valence-corrected chi connectivity index (χ0v) is 12.9. The number of hydrogen-bond acceptors (Lipinski definition) is 4.